The van der Waals surface area contributed by atoms with Crippen molar-refractivity contribution in [2.45, 2.75) is 24.3 Å². The van der Waals surface area contributed by atoms with E-state index in [1.807, 2.05) is 37.3 Å². The van der Waals surface area contributed by atoms with Crippen LogP contribution in [0.15, 0.2) is 47.4 Å². The van der Waals surface area contributed by atoms with E-state index >= 15 is 0 Å². The zero-order valence-corrected chi connectivity index (χ0v) is 13.7. The summed E-state index contributed by atoms with van der Waals surface area (Å²) in [6, 6.07) is 14.2. The number of nitrogens with one attached hydrogen (secondary N) is 1. The van der Waals surface area contributed by atoms with E-state index in [0.717, 1.165) is 22.8 Å². The molecule has 0 fully saturated rings. The van der Waals surface area contributed by atoms with Gasteiger partial charge in [0.15, 0.2) is 0 Å². The Morgan fingerprint density at radius 3 is 2.61 bits per heavy atom. The van der Waals surface area contributed by atoms with Crippen molar-refractivity contribution in [2.75, 3.05) is 17.7 Å². The molecule has 0 spiro atoms. The highest BCUT2D eigenvalue weighted by Gasteiger charge is 2.11. The summed E-state index contributed by atoms with van der Waals surface area (Å²) in [5.41, 5.74) is 1.76. The molecule has 0 aliphatic heterocycles. The molecule has 0 bridgehead atoms. The molecule has 1 atom stereocenters. The molecule has 2 rings (SSSR count). The molecule has 2 N–H and O–H groups in total. The smallest absolute Gasteiger partial charge is 0.129 e. The van der Waals surface area contributed by atoms with Gasteiger partial charge in [-0.3, -0.25) is 0 Å². The fourth-order valence-corrected chi connectivity index (χ4v) is 3.02. The number of nitrogens with zero attached hydrogens (tertiary/aromatic N) is 1. The second-order valence-corrected chi connectivity index (χ2v) is 6.33. The molecule has 0 saturated carbocycles. The van der Waals surface area contributed by atoms with Gasteiger partial charge in [-0.15, -0.1) is 11.8 Å². The second kappa shape index (κ2) is 8.56. The predicted molar refractivity (Wildman–Crippen MR) is 92.0 cm³/mol. The lowest BCUT2D eigenvalue weighted by atomic mass is 10.1. The third kappa shape index (κ3) is 4.98. The van der Waals surface area contributed by atoms with Crippen molar-refractivity contribution >= 4 is 17.4 Å². The Hall–Kier alpha value is -2.03. The molecule has 5 heteroatoms. The lowest BCUT2D eigenvalue weighted by Gasteiger charge is -2.17. The molecule has 0 heterocycles. The second-order valence-electron chi connectivity index (χ2n) is 5.16. The Labute approximate surface area is 140 Å². The van der Waals surface area contributed by atoms with E-state index in [1.165, 1.54) is 6.07 Å². The number of rotatable bonds is 7. The molecule has 0 aromatic heterocycles. The van der Waals surface area contributed by atoms with Gasteiger partial charge in [-0.1, -0.05) is 6.07 Å². The van der Waals surface area contributed by atoms with Crippen LogP contribution in [-0.2, 0) is 0 Å². The van der Waals surface area contributed by atoms with E-state index in [4.69, 9.17) is 10.4 Å². The fraction of sp³-hybridized carbons (Fsp3) is 0.278. The van der Waals surface area contributed by atoms with Crippen LogP contribution in [0.2, 0.25) is 0 Å². The molecule has 1 unspecified atom stereocenters. The molecular formula is C18H19FN2OS. The van der Waals surface area contributed by atoms with Gasteiger partial charge >= 0.3 is 0 Å². The van der Waals surface area contributed by atoms with E-state index in [2.05, 4.69) is 5.32 Å². The van der Waals surface area contributed by atoms with Crippen LogP contribution in [0.5, 0.6) is 0 Å². The zero-order valence-electron chi connectivity index (χ0n) is 12.9. The molecule has 0 aliphatic rings. The molecule has 23 heavy (non-hydrogen) atoms. The average molecular weight is 330 g/mol. The van der Waals surface area contributed by atoms with Crippen molar-refractivity contribution in [1.82, 2.24) is 0 Å². The number of nitriles is 1. The SMILES string of the molecule is CC(Nc1ccc(SCCCO)cc1)c1ccc(C#N)cc1F. The zero-order chi connectivity index (χ0) is 16.7. The lowest BCUT2D eigenvalue weighted by molar-refractivity contribution is 0.296. The molecule has 0 amide bonds. The van der Waals surface area contributed by atoms with Crippen LogP contribution in [0.25, 0.3) is 0 Å². The van der Waals surface area contributed by atoms with Gasteiger partial charge in [0.2, 0.25) is 0 Å². The Bertz CT molecular complexity index is 682. The van der Waals surface area contributed by atoms with Crippen LogP contribution >= 0.6 is 11.8 Å². The summed E-state index contributed by atoms with van der Waals surface area (Å²) in [6.07, 6.45) is 0.777. The van der Waals surface area contributed by atoms with E-state index in [-0.39, 0.29) is 18.5 Å². The molecule has 0 saturated heterocycles. The maximum atomic E-state index is 14.0. The van der Waals surface area contributed by atoms with Gasteiger partial charge in [-0.25, -0.2) is 4.39 Å². The van der Waals surface area contributed by atoms with Crippen molar-refractivity contribution in [3.8, 4) is 6.07 Å². The minimum atomic E-state index is -0.375. The van der Waals surface area contributed by atoms with Crippen LogP contribution in [0.3, 0.4) is 0 Å². The van der Waals surface area contributed by atoms with E-state index in [0.29, 0.717) is 11.1 Å². The molecule has 2 aromatic rings. The number of halogens is 1. The summed E-state index contributed by atoms with van der Waals surface area (Å²) < 4.78 is 14.0. The highest BCUT2D eigenvalue weighted by atomic mass is 32.2. The number of thioether (sulfide) groups is 1. The number of hydrogen-bond acceptors (Lipinski definition) is 4. The van der Waals surface area contributed by atoms with Crippen molar-refractivity contribution in [1.29, 1.82) is 5.26 Å². The number of anilines is 1. The summed E-state index contributed by atoms with van der Waals surface area (Å²) in [6.45, 7) is 2.09. The van der Waals surface area contributed by atoms with Crippen molar-refractivity contribution < 1.29 is 9.50 Å². The summed E-state index contributed by atoms with van der Waals surface area (Å²) in [7, 11) is 0. The number of aliphatic hydroxyl groups is 1. The van der Waals surface area contributed by atoms with Crippen molar-refractivity contribution in [3.05, 3.63) is 59.4 Å². The normalized spacial score (nSPS) is 11.7. The Morgan fingerprint density at radius 2 is 2.00 bits per heavy atom. The predicted octanol–water partition coefficient (Wildman–Crippen LogP) is 4.34. The van der Waals surface area contributed by atoms with Gasteiger partial charge < -0.3 is 10.4 Å². The third-order valence-corrected chi connectivity index (χ3v) is 4.50. The molecule has 2 aromatic carbocycles. The summed E-state index contributed by atoms with van der Waals surface area (Å²) in [5.74, 6) is 0.510. The number of hydrogen-bond donors (Lipinski definition) is 2. The maximum absolute atomic E-state index is 14.0. The first-order valence-electron chi connectivity index (χ1n) is 7.44. The number of benzene rings is 2. The first-order valence-corrected chi connectivity index (χ1v) is 8.42. The lowest BCUT2D eigenvalue weighted by Crippen LogP contribution is -2.08. The van der Waals surface area contributed by atoms with Gasteiger partial charge in [0, 0.05) is 28.5 Å². The molecule has 120 valence electrons. The van der Waals surface area contributed by atoms with Gasteiger partial charge in [0.05, 0.1) is 17.7 Å². The molecule has 0 aliphatic carbocycles. The van der Waals surface area contributed by atoms with E-state index in [9.17, 15) is 4.39 Å². The van der Waals surface area contributed by atoms with Crippen LogP contribution in [0.4, 0.5) is 10.1 Å². The van der Waals surface area contributed by atoms with E-state index in [1.54, 1.807) is 23.9 Å². The summed E-state index contributed by atoms with van der Waals surface area (Å²) in [5, 5.41) is 20.8. The summed E-state index contributed by atoms with van der Waals surface area (Å²) >= 11 is 1.70. The Kier molecular flexibility index (Phi) is 6.45. The van der Waals surface area contributed by atoms with Crippen molar-refractivity contribution in [2.24, 2.45) is 0 Å². The van der Waals surface area contributed by atoms with Crippen molar-refractivity contribution in [3.63, 3.8) is 0 Å². The topological polar surface area (TPSA) is 56.0 Å². The van der Waals surface area contributed by atoms with E-state index < -0.39 is 0 Å². The monoisotopic (exact) mass is 330 g/mol. The molecule has 3 nitrogen and oxygen atoms in total. The van der Waals surface area contributed by atoms with Gasteiger partial charge in [0.25, 0.3) is 0 Å². The Morgan fingerprint density at radius 1 is 1.26 bits per heavy atom. The largest absolute Gasteiger partial charge is 0.396 e. The highest BCUT2D eigenvalue weighted by molar-refractivity contribution is 7.99. The third-order valence-electron chi connectivity index (χ3n) is 3.40. The first kappa shape index (κ1) is 17.3. The minimum absolute atomic E-state index is 0.198. The highest BCUT2D eigenvalue weighted by Crippen LogP contribution is 2.25. The Balaban J connectivity index is 2.00. The molecular weight excluding hydrogens is 311 g/mol. The molecule has 0 radical (unpaired) electrons. The average Bonchev–Trinajstić information content (AvgIpc) is 2.56. The fourth-order valence-electron chi connectivity index (χ4n) is 2.18. The van der Waals surface area contributed by atoms with Gasteiger partial charge in [-0.05, 0) is 49.7 Å². The van der Waals surface area contributed by atoms with Crippen LogP contribution in [0, 0.1) is 17.1 Å². The quantitative estimate of drug-likeness (QED) is 0.585. The first-order chi connectivity index (χ1) is 11.1. The van der Waals surface area contributed by atoms with Crippen LogP contribution in [0.1, 0.15) is 30.5 Å². The van der Waals surface area contributed by atoms with Gasteiger partial charge in [0.1, 0.15) is 5.82 Å². The standard InChI is InChI=1S/C18H19FN2OS/c1-13(17-8-3-14(12-20)11-18(17)19)21-15-4-6-16(7-5-15)23-10-2-9-22/h3-8,11,13,21-22H,2,9-10H2,1H3. The maximum Gasteiger partial charge on any atom is 0.129 e. The van der Waals surface area contributed by atoms with Crippen LogP contribution < -0.4 is 5.32 Å². The van der Waals surface area contributed by atoms with Gasteiger partial charge in [-0.2, -0.15) is 5.26 Å². The summed E-state index contributed by atoms with van der Waals surface area (Å²) in [4.78, 5) is 1.14. The number of aliphatic hydroxyl groups excluding tert-OH is 1. The minimum Gasteiger partial charge on any atom is -0.396 e. The van der Waals surface area contributed by atoms with Crippen LogP contribution in [-0.4, -0.2) is 17.5 Å².